The Kier molecular flexibility index (Phi) is 3.51. The number of aryl methyl sites for hydroxylation is 1. The van der Waals surface area contributed by atoms with Crippen LogP contribution in [0.2, 0.25) is 0 Å². The van der Waals surface area contributed by atoms with Gasteiger partial charge < -0.3 is 4.74 Å². The first kappa shape index (κ1) is 10.6. The van der Waals surface area contributed by atoms with E-state index in [9.17, 15) is 4.79 Å². The summed E-state index contributed by atoms with van der Waals surface area (Å²) in [5, 5.41) is 0. The van der Waals surface area contributed by atoms with Crippen molar-refractivity contribution in [2.75, 3.05) is 18.6 Å². The third-order valence-electron chi connectivity index (χ3n) is 2.02. The van der Waals surface area contributed by atoms with Crippen molar-refractivity contribution >= 4 is 11.8 Å². The van der Waals surface area contributed by atoms with Crippen molar-refractivity contribution < 1.29 is 9.53 Å². The molecule has 1 aromatic carbocycles. The van der Waals surface area contributed by atoms with Crippen molar-refractivity contribution in [2.24, 2.45) is 0 Å². The fraction of sp³-hybridized carbons (Fsp3) is 0.364. The zero-order chi connectivity index (χ0) is 10.6. The van der Waals surface area contributed by atoms with E-state index in [1.807, 2.05) is 31.2 Å². The Labute approximate surface area is 84.3 Å². The minimum Gasteiger partial charge on any atom is -0.449 e. The molecule has 1 rings (SSSR count). The molecule has 0 heterocycles. The lowest BCUT2D eigenvalue weighted by molar-refractivity contribution is 0.161. The second-order valence-corrected chi connectivity index (χ2v) is 3.04. The molecule has 1 amide bonds. The van der Waals surface area contributed by atoms with Crippen molar-refractivity contribution in [3.05, 3.63) is 29.8 Å². The van der Waals surface area contributed by atoms with Crippen LogP contribution in [0.25, 0.3) is 0 Å². The van der Waals surface area contributed by atoms with Gasteiger partial charge in [-0.3, -0.25) is 4.90 Å². The smallest absolute Gasteiger partial charge is 0.414 e. The number of carbonyl (C=O) groups excluding carboxylic acids is 1. The summed E-state index contributed by atoms with van der Waals surface area (Å²) in [4.78, 5) is 12.9. The van der Waals surface area contributed by atoms with Gasteiger partial charge in [0.1, 0.15) is 0 Å². The maximum absolute atomic E-state index is 11.4. The summed E-state index contributed by atoms with van der Waals surface area (Å²) in [6.45, 7) is 4.16. The van der Waals surface area contributed by atoms with Crippen LogP contribution in [0.4, 0.5) is 10.5 Å². The first-order valence-corrected chi connectivity index (χ1v) is 4.63. The highest BCUT2D eigenvalue weighted by molar-refractivity contribution is 5.87. The van der Waals surface area contributed by atoms with Crippen LogP contribution in [0.5, 0.6) is 0 Å². The monoisotopic (exact) mass is 193 g/mol. The number of ether oxygens (including phenoxy) is 1. The Morgan fingerprint density at radius 2 is 2.07 bits per heavy atom. The van der Waals surface area contributed by atoms with Gasteiger partial charge in [-0.05, 0) is 25.5 Å². The van der Waals surface area contributed by atoms with E-state index in [4.69, 9.17) is 4.74 Å². The molecule has 76 valence electrons. The lowest BCUT2D eigenvalue weighted by atomic mass is 10.2. The fourth-order valence-corrected chi connectivity index (χ4v) is 1.26. The molecule has 14 heavy (non-hydrogen) atoms. The van der Waals surface area contributed by atoms with Crippen LogP contribution < -0.4 is 4.90 Å². The highest BCUT2D eigenvalue weighted by Gasteiger charge is 2.12. The molecule has 0 saturated heterocycles. The molecule has 0 N–H and O–H groups in total. The van der Waals surface area contributed by atoms with E-state index in [1.54, 1.807) is 14.0 Å². The van der Waals surface area contributed by atoms with Crippen molar-refractivity contribution in [1.82, 2.24) is 0 Å². The normalized spacial score (nSPS) is 9.64. The molecule has 0 atom stereocenters. The molecule has 0 spiro atoms. The van der Waals surface area contributed by atoms with Gasteiger partial charge in [-0.25, -0.2) is 4.79 Å². The van der Waals surface area contributed by atoms with Gasteiger partial charge in [0.25, 0.3) is 0 Å². The second-order valence-electron chi connectivity index (χ2n) is 3.04. The number of hydrogen-bond donors (Lipinski definition) is 0. The van der Waals surface area contributed by atoms with Gasteiger partial charge in [-0.15, -0.1) is 0 Å². The zero-order valence-corrected chi connectivity index (χ0v) is 8.78. The van der Waals surface area contributed by atoms with Crippen molar-refractivity contribution in [3.8, 4) is 0 Å². The van der Waals surface area contributed by atoms with E-state index < -0.39 is 0 Å². The van der Waals surface area contributed by atoms with E-state index in [0.29, 0.717) is 6.61 Å². The molecule has 0 aliphatic rings. The maximum Gasteiger partial charge on any atom is 0.414 e. The summed E-state index contributed by atoms with van der Waals surface area (Å²) in [5.41, 5.74) is 1.94. The first-order chi connectivity index (χ1) is 6.66. The molecule has 0 aliphatic carbocycles. The number of rotatable bonds is 2. The van der Waals surface area contributed by atoms with E-state index in [0.717, 1.165) is 11.3 Å². The maximum atomic E-state index is 11.4. The minimum atomic E-state index is -0.318. The van der Waals surface area contributed by atoms with Crippen LogP contribution in [0.1, 0.15) is 12.5 Å². The van der Waals surface area contributed by atoms with Gasteiger partial charge >= 0.3 is 6.09 Å². The second kappa shape index (κ2) is 4.65. The Hall–Kier alpha value is -1.51. The number of amides is 1. The average Bonchev–Trinajstić information content (AvgIpc) is 2.18. The molecule has 0 bridgehead atoms. The van der Waals surface area contributed by atoms with Crippen LogP contribution >= 0.6 is 0 Å². The number of anilines is 1. The average molecular weight is 193 g/mol. The lowest BCUT2D eigenvalue weighted by Gasteiger charge is -2.18. The third-order valence-corrected chi connectivity index (χ3v) is 2.02. The van der Waals surface area contributed by atoms with E-state index in [-0.39, 0.29) is 6.09 Å². The third kappa shape index (κ3) is 2.25. The number of nitrogens with zero attached hydrogens (tertiary/aromatic N) is 1. The Balaban J connectivity index is 2.84. The quantitative estimate of drug-likeness (QED) is 0.722. The molecule has 0 unspecified atom stereocenters. The number of para-hydroxylation sites is 1. The van der Waals surface area contributed by atoms with Gasteiger partial charge in [0, 0.05) is 12.7 Å². The molecule has 0 aromatic heterocycles. The van der Waals surface area contributed by atoms with Crippen LogP contribution in [-0.4, -0.2) is 19.7 Å². The molecule has 0 fully saturated rings. The van der Waals surface area contributed by atoms with Gasteiger partial charge in [-0.2, -0.15) is 0 Å². The molecule has 3 heteroatoms. The van der Waals surface area contributed by atoms with Crippen LogP contribution in [-0.2, 0) is 4.74 Å². The predicted molar refractivity (Wildman–Crippen MR) is 56.6 cm³/mol. The highest BCUT2D eigenvalue weighted by Crippen LogP contribution is 2.18. The Morgan fingerprint density at radius 3 is 2.64 bits per heavy atom. The summed E-state index contributed by atoms with van der Waals surface area (Å²) in [7, 11) is 1.71. The molecule has 0 saturated carbocycles. The predicted octanol–water partition coefficient (Wildman–Crippen LogP) is 2.59. The summed E-state index contributed by atoms with van der Waals surface area (Å²) in [6.07, 6.45) is -0.318. The van der Waals surface area contributed by atoms with Crippen LogP contribution in [0.3, 0.4) is 0 Å². The Morgan fingerprint density at radius 1 is 1.43 bits per heavy atom. The fourth-order valence-electron chi connectivity index (χ4n) is 1.26. The van der Waals surface area contributed by atoms with Gasteiger partial charge in [-0.1, -0.05) is 18.2 Å². The van der Waals surface area contributed by atoms with Gasteiger partial charge in [0.05, 0.1) is 6.61 Å². The van der Waals surface area contributed by atoms with Crippen molar-refractivity contribution in [3.63, 3.8) is 0 Å². The topological polar surface area (TPSA) is 29.5 Å². The van der Waals surface area contributed by atoms with E-state index in [2.05, 4.69) is 0 Å². The SMILES string of the molecule is CCOC(=O)N(C)c1ccccc1C. The first-order valence-electron chi connectivity index (χ1n) is 4.63. The summed E-state index contributed by atoms with van der Waals surface area (Å²) >= 11 is 0. The van der Waals surface area contributed by atoms with Crippen molar-refractivity contribution in [1.29, 1.82) is 0 Å². The molecule has 0 radical (unpaired) electrons. The molecule has 0 aliphatic heterocycles. The number of benzene rings is 1. The molecular formula is C11H15NO2. The standard InChI is InChI=1S/C11H15NO2/c1-4-14-11(13)12(3)10-8-6-5-7-9(10)2/h5-8H,4H2,1-3H3. The number of carbonyl (C=O) groups is 1. The molecular weight excluding hydrogens is 178 g/mol. The van der Waals surface area contributed by atoms with Crippen LogP contribution in [0, 0.1) is 6.92 Å². The molecule has 1 aromatic rings. The summed E-state index contributed by atoms with van der Waals surface area (Å²) in [5.74, 6) is 0. The van der Waals surface area contributed by atoms with Crippen LogP contribution in [0.15, 0.2) is 24.3 Å². The van der Waals surface area contributed by atoms with E-state index >= 15 is 0 Å². The van der Waals surface area contributed by atoms with Crippen molar-refractivity contribution in [2.45, 2.75) is 13.8 Å². The summed E-state index contributed by atoms with van der Waals surface area (Å²) in [6, 6.07) is 7.70. The number of hydrogen-bond acceptors (Lipinski definition) is 2. The minimum absolute atomic E-state index is 0.318. The Bertz CT molecular complexity index is 323. The summed E-state index contributed by atoms with van der Waals surface area (Å²) < 4.78 is 4.90. The van der Waals surface area contributed by atoms with Gasteiger partial charge in [0.2, 0.25) is 0 Å². The zero-order valence-electron chi connectivity index (χ0n) is 8.78. The lowest BCUT2D eigenvalue weighted by Crippen LogP contribution is -2.27. The highest BCUT2D eigenvalue weighted by atomic mass is 16.6. The largest absolute Gasteiger partial charge is 0.449 e. The molecule has 3 nitrogen and oxygen atoms in total. The van der Waals surface area contributed by atoms with E-state index in [1.165, 1.54) is 4.90 Å². The van der Waals surface area contributed by atoms with Gasteiger partial charge in [0.15, 0.2) is 0 Å².